The molecule has 0 aromatic heterocycles. The number of hydrogen-bond acceptors (Lipinski definition) is 2. The van der Waals surface area contributed by atoms with Gasteiger partial charge in [-0.1, -0.05) is 32.9 Å². The summed E-state index contributed by atoms with van der Waals surface area (Å²) in [6.45, 7) is 10.6. The van der Waals surface area contributed by atoms with E-state index in [-0.39, 0.29) is 0 Å². The van der Waals surface area contributed by atoms with E-state index in [4.69, 9.17) is 0 Å². The summed E-state index contributed by atoms with van der Waals surface area (Å²) < 4.78 is 0. The van der Waals surface area contributed by atoms with Crippen molar-refractivity contribution >= 4 is 5.69 Å². The Morgan fingerprint density at radius 1 is 1.25 bits per heavy atom. The van der Waals surface area contributed by atoms with Gasteiger partial charge in [0.15, 0.2) is 0 Å². The fourth-order valence-electron chi connectivity index (χ4n) is 3.06. The molecule has 112 valence electrons. The van der Waals surface area contributed by atoms with E-state index in [9.17, 15) is 0 Å². The van der Waals surface area contributed by atoms with Gasteiger partial charge in [0.1, 0.15) is 0 Å². The molecule has 2 nitrogen and oxygen atoms in total. The summed E-state index contributed by atoms with van der Waals surface area (Å²) in [4.78, 5) is 2.62. The number of nitrogens with one attached hydrogen (secondary N) is 1. The molecule has 0 radical (unpaired) electrons. The number of hydrogen-bond donors (Lipinski definition) is 1. The van der Waals surface area contributed by atoms with E-state index < -0.39 is 0 Å². The number of anilines is 1. The van der Waals surface area contributed by atoms with Crippen LogP contribution in [-0.2, 0) is 0 Å². The smallest absolute Gasteiger partial charge is 0.0345 e. The van der Waals surface area contributed by atoms with Crippen LogP contribution in [0.25, 0.3) is 0 Å². The van der Waals surface area contributed by atoms with Gasteiger partial charge in [-0.05, 0) is 62.4 Å². The van der Waals surface area contributed by atoms with E-state index in [1.807, 2.05) is 0 Å². The highest BCUT2D eigenvalue weighted by Crippen LogP contribution is 2.21. The fourth-order valence-corrected chi connectivity index (χ4v) is 3.06. The number of nitrogens with zero attached hydrogens (tertiary/aromatic N) is 1. The molecule has 0 aliphatic carbocycles. The molecule has 1 aliphatic rings. The van der Waals surface area contributed by atoms with Crippen molar-refractivity contribution in [2.24, 2.45) is 0 Å². The minimum Gasteiger partial charge on any atom is -0.382 e. The third kappa shape index (κ3) is 4.52. The van der Waals surface area contributed by atoms with Crippen molar-refractivity contribution < 1.29 is 0 Å². The Hall–Kier alpha value is -1.02. The van der Waals surface area contributed by atoms with E-state index >= 15 is 0 Å². The first kappa shape index (κ1) is 15.4. The van der Waals surface area contributed by atoms with Gasteiger partial charge in [0.05, 0.1) is 0 Å². The average Bonchev–Trinajstić information content (AvgIpc) is 2.65. The lowest BCUT2D eigenvalue weighted by atomic mass is 10.0. The summed E-state index contributed by atoms with van der Waals surface area (Å²) in [6.07, 6.45) is 5.16. The summed E-state index contributed by atoms with van der Waals surface area (Å²) >= 11 is 0. The SMILES string of the molecule is CCCN1CCCC(Nc2cccc(C(C)C)c2)CC1. The summed E-state index contributed by atoms with van der Waals surface area (Å²) in [7, 11) is 0. The van der Waals surface area contributed by atoms with Crippen LogP contribution in [-0.4, -0.2) is 30.6 Å². The molecular formula is C18H30N2. The van der Waals surface area contributed by atoms with Crippen LogP contribution in [0.15, 0.2) is 24.3 Å². The van der Waals surface area contributed by atoms with Crippen LogP contribution in [0.1, 0.15) is 57.9 Å². The van der Waals surface area contributed by atoms with Gasteiger partial charge < -0.3 is 10.2 Å². The lowest BCUT2D eigenvalue weighted by Gasteiger charge is -2.20. The molecule has 2 rings (SSSR count). The van der Waals surface area contributed by atoms with E-state index in [0.717, 1.165) is 0 Å². The Morgan fingerprint density at radius 2 is 2.10 bits per heavy atom. The fraction of sp³-hybridized carbons (Fsp3) is 0.667. The number of rotatable bonds is 5. The highest BCUT2D eigenvalue weighted by molar-refractivity contribution is 5.47. The molecule has 1 aromatic rings. The predicted octanol–water partition coefficient (Wildman–Crippen LogP) is 4.49. The average molecular weight is 274 g/mol. The van der Waals surface area contributed by atoms with Gasteiger partial charge in [-0.2, -0.15) is 0 Å². The topological polar surface area (TPSA) is 15.3 Å². The molecule has 1 unspecified atom stereocenters. The molecule has 1 heterocycles. The highest BCUT2D eigenvalue weighted by Gasteiger charge is 2.16. The minimum absolute atomic E-state index is 0.603. The Labute approximate surface area is 124 Å². The zero-order chi connectivity index (χ0) is 14.4. The molecule has 1 aromatic carbocycles. The summed E-state index contributed by atoms with van der Waals surface area (Å²) in [6, 6.07) is 9.57. The third-order valence-electron chi connectivity index (χ3n) is 4.28. The lowest BCUT2D eigenvalue weighted by Crippen LogP contribution is -2.27. The largest absolute Gasteiger partial charge is 0.382 e. The number of benzene rings is 1. The molecule has 0 bridgehead atoms. The highest BCUT2D eigenvalue weighted by atomic mass is 15.1. The van der Waals surface area contributed by atoms with Gasteiger partial charge in [0.25, 0.3) is 0 Å². The first-order valence-electron chi connectivity index (χ1n) is 8.28. The molecule has 1 aliphatic heterocycles. The van der Waals surface area contributed by atoms with Crippen molar-refractivity contribution in [3.8, 4) is 0 Å². The molecular weight excluding hydrogens is 244 g/mol. The minimum atomic E-state index is 0.603. The van der Waals surface area contributed by atoms with Crippen molar-refractivity contribution in [3.63, 3.8) is 0 Å². The molecule has 1 atom stereocenters. The van der Waals surface area contributed by atoms with E-state index in [2.05, 4.69) is 55.3 Å². The zero-order valence-corrected chi connectivity index (χ0v) is 13.4. The molecule has 1 fully saturated rings. The van der Waals surface area contributed by atoms with Gasteiger partial charge in [-0.15, -0.1) is 0 Å². The van der Waals surface area contributed by atoms with Crippen molar-refractivity contribution in [3.05, 3.63) is 29.8 Å². The van der Waals surface area contributed by atoms with Crippen molar-refractivity contribution in [2.45, 2.75) is 58.4 Å². The molecule has 1 N–H and O–H groups in total. The number of likely N-dealkylation sites (tertiary alicyclic amines) is 1. The molecule has 0 spiro atoms. The van der Waals surface area contributed by atoms with E-state index in [0.29, 0.717) is 12.0 Å². The zero-order valence-electron chi connectivity index (χ0n) is 13.4. The molecule has 1 saturated heterocycles. The summed E-state index contributed by atoms with van der Waals surface area (Å²) in [5.41, 5.74) is 2.72. The maximum Gasteiger partial charge on any atom is 0.0345 e. The second kappa shape index (κ2) is 7.68. The standard InChI is InChI=1S/C18H30N2/c1-4-11-20-12-6-9-17(10-13-20)19-18-8-5-7-16(14-18)15(2)3/h5,7-8,14-15,17,19H,4,6,9-13H2,1-3H3. The van der Waals surface area contributed by atoms with Crippen LogP contribution in [0, 0.1) is 0 Å². The maximum atomic E-state index is 3.75. The Kier molecular flexibility index (Phi) is 5.90. The Morgan fingerprint density at radius 3 is 2.85 bits per heavy atom. The van der Waals surface area contributed by atoms with Crippen molar-refractivity contribution in [1.82, 2.24) is 4.90 Å². The van der Waals surface area contributed by atoms with Crippen LogP contribution < -0.4 is 5.32 Å². The molecule has 20 heavy (non-hydrogen) atoms. The first-order chi connectivity index (χ1) is 9.69. The third-order valence-corrected chi connectivity index (χ3v) is 4.28. The van der Waals surface area contributed by atoms with Gasteiger partial charge in [0.2, 0.25) is 0 Å². The van der Waals surface area contributed by atoms with Crippen LogP contribution in [0.5, 0.6) is 0 Å². The first-order valence-corrected chi connectivity index (χ1v) is 8.28. The summed E-state index contributed by atoms with van der Waals surface area (Å²) in [5, 5.41) is 3.75. The lowest BCUT2D eigenvalue weighted by molar-refractivity contribution is 0.285. The van der Waals surface area contributed by atoms with Crippen LogP contribution in [0.4, 0.5) is 5.69 Å². The molecule has 0 saturated carbocycles. The van der Waals surface area contributed by atoms with E-state index in [1.165, 1.54) is 56.6 Å². The van der Waals surface area contributed by atoms with Crippen molar-refractivity contribution in [1.29, 1.82) is 0 Å². The normalized spacial score (nSPS) is 20.9. The monoisotopic (exact) mass is 274 g/mol. The second-order valence-corrected chi connectivity index (χ2v) is 6.39. The van der Waals surface area contributed by atoms with Crippen molar-refractivity contribution in [2.75, 3.05) is 25.0 Å². The van der Waals surface area contributed by atoms with Gasteiger partial charge in [0, 0.05) is 18.3 Å². The van der Waals surface area contributed by atoms with Gasteiger partial charge in [-0.3, -0.25) is 0 Å². The quantitative estimate of drug-likeness (QED) is 0.851. The van der Waals surface area contributed by atoms with Crippen LogP contribution in [0.2, 0.25) is 0 Å². The molecule has 2 heteroatoms. The Balaban J connectivity index is 1.91. The van der Waals surface area contributed by atoms with Crippen LogP contribution in [0.3, 0.4) is 0 Å². The van der Waals surface area contributed by atoms with E-state index in [1.54, 1.807) is 0 Å². The van der Waals surface area contributed by atoms with Crippen LogP contribution >= 0.6 is 0 Å². The van der Waals surface area contributed by atoms with Gasteiger partial charge >= 0.3 is 0 Å². The second-order valence-electron chi connectivity index (χ2n) is 6.39. The Bertz CT molecular complexity index is 400. The predicted molar refractivity (Wildman–Crippen MR) is 88.5 cm³/mol. The van der Waals surface area contributed by atoms with Gasteiger partial charge in [-0.25, -0.2) is 0 Å². The molecule has 0 amide bonds. The summed E-state index contributed by atoms with van der Waals surface area (Å²) in [5.74, 6) is 0.603. The maximum absolute atomic E-state index is 3.75.